The van der Waals surface area contributed by atoms with Gasteiger partial charge in [-0.15, -0.1) is 0 Å². The SMILES string of the molecule is CCNC(CN1CCCN(C)CC1C)c1ccc(C)cc1. The van der Waals surface area contributed by atoms with E-state index in [2.05, 4.69) is 67.2 Å². The van der Waals surface area contributed by atoms with Crippen molar-refractivity contribution in [3.8, 4) is 0 Å². The molecule has 118 valence electrons. The van der Waals surface area contributed by atoms with Gasteiger partial charge in [-0.2, -0.15) is 0 Å². The Hall–Kier alpha value is -0.900. The highest BCUT2D eigenvalue weighted by Crippen LogP contribution is 2.18. The number of aryl methyl sites for hydroxylation is 1. The molecule has 3 heteroatoms. The molecule has 2 unspecified atom stereocenters. The second kappa shape index (κ2) is 7.92. The summed E-state index contributed by atoms with van der Waals surface area (Å²) in [6.45, 7) is 12.4. The molecule has 1 saturated heterocycles. The maximum absolute atomic E-state index is 3.66. The molecule has 2 rings (SSSR count). The summed E-state index contributed by atoms with van der Waals surface area (Å²) >= 11 is 0. The number of likely N-dealkylation sites (N-methyl/N-ethyl adjacent to an activating group) is 2. The first-order valence-electron chi connectivity index (χ1n) is 8.32. The van der Waals surface area contributed by atoms with E-state index in [0.29, 0.717) is 12.1 Å². The topological polar surface area (TPSA) is 18.5 Å². The van der Waals surface area contributed by atoms with Gasteiger partial charge in [0.05, 0.1) is 0 Å². The van der Waals surface area contributed by atoms with Crippen molar-refractivity contribution < 1.29 is 0 Å². The zero-order chi connectivity index (χ0) is 15.2. The molecular weight excluding hydrogens is 258 g/mol. The Labute approximate surface area is 130 Å². The van der Waals surface area contributed by atoms with Gasteiger partial charge in [-0.3, -0.25) is 4.90 Å². The molecule has 0 spiro atoms. The number of hydrogen-bond acceptors (Lipinski definition) is 3. The minimum absolute atomic E-state index is 0.432. The number of benzene rings is 1. The molecule has 1 aliphatic heterocycles. The predicted octanol–water partition coefficient (Wildman–Crippen LogP) is 2.67. The summed E-state index contributed by atoms with van der Waals surface area (Å²) in [6, 6.07) is 10.1. The van der Waals surface area contributed by atoms with Gasteiger partial charge in [0.2, 0.25) is 0 Å². The van der Waals surface area contributed by atoms with Crippen molar-refractivity contribution in [1.82, 2.24) is 15.1 Å². The van der Waals surface area contributed by atoms with Crippen LogP contribution in [-0.4, -0.2) is 55.6 Å². The summed E-state index contributed by atoms with van der Waals surface area (Å²) in [5.74, 6) is 0. The normalized spacial score (nSPS) is 23.0. The van der Waals surface area contributed by atoms with Crippen molar-refractivity contribution in [2.24, 2.45) is 0 Å². The Kier molecular flexibility index (Phi) is 6.22. The summed E-state index contributed by atoms with van der Waals surface area (Å²) in [5.41, 5.74) is 2.74. The quantitative estimate of drug-likeness (QED) is 0.899. The minimum atomic E-state index is 0.432. The van der Waals surface area contributed by atoms with Crippen molar-refractivity contribution in [2.45, 2.75) is 39.3 Å². The monoisotopic (exact) mass is 289 g/mol. The van der Waals surface area contributed by atoms with Crippen molar-refractivity contribution in [2.75, 3.05) is 39.8 Å². The van der Waals surface area contributed by atoms with Crippen LogP contribution in [0.1, 0.15) is 37.4 Å². The van der Waals surface area contributed by atoms with Gasteiger partial charge in [-0.25, -0.2) is 0 Å². The number of nitrogens with one attached hydrogen (secondary N) is 1. The molecule has 0 saturated carbocycles. The lowest BCUT2D eigenvalue weighted by Gasteiger charge is -2.32. The van der Waals surface area contributed by atoms with Gasteiger partial charge >= 0.3 is 0 Å². The minimum Gasteiger partial charge on any atom is -0.309 e. The van der Waals surface area contributed by atoms with Gasteiger partial charge in [-0.1, -0.05) is 36.8 Å². The Bertz CT molecular complexity index is 415. The molecule has 1 aliphatic rings. The summed E-state index contributed by atoms with van der Waals surface area (Å²) in [4.78, 5) is 5.11. The standard InChI is InChI=1S/C18H31N3/c1-5-19-18(17-9-7-15(2)8-10-17)14-21-12-6-11-20(4)13-16(21)3/h7-10,16,18-19H,5-6,11-14H2,1-4H3. The van der Waals surface area contributed by atoms with Gasteiger partial charge in [0.25, 0.3) is 0 Å². The average Bonchev–Trinajstić information content (AvgIpc) is 2.60. The van der Waals surface area contributed by atoms with E-state index in [0.717, 1.165) is 13.1 Å². The van der Waals surface area contributed by atoms with Crippen molar-refractivity contribution in [3.05, 3.63) is 35.4 Å². The van der Waals surface area contributed by atoms with Gasteiger partial charge in [0, 0.05) is 25.2 Å². The van der Waals surface area contributed by atoms with Crippen LogP contribution >= 0.6 is 0 Å². The van der Waals surface area contributed by atoms with E-state index in [-0.39, 0.29) is 0 Å². The molecule has 3 nitrogen and oxygen atoms in total. The predicted molar refractivity (Wildman–Crippen MR) is 90.7 cm³/mol. The first-order valence-corrected chi connectivity index (χ1v) is 8.32. The van der Waals surface area contributed by atoms with E-state index in [1.165, 1.54) is 37.2 Å². The van der Waals surface area contributed by atoms with Crippen LogP contribution in [0.3, 0.4) is 0 Å². The van der Waals surface area contributed by atoms with Crippen LogP contribution in [-0.2, 0) is 0 Å². The van der Waals surface area contributed by atoms with E-state index in [1.54, 1.807) is 0 Å². The average molecular weight is 289 g/mol. The highest BCUT2D eigenvalue weighted by molar-refractivity contribution is 5.24. The Morgan fingerprint density at radius 2 is 1.95 bits per heavy atom. The van der Waals surface area contributed by atoms with Crippen LogP contribution in [0.25, 0.3) is 0 Å². The molecule has 21 heavy (non-hydrogen) atoms. The highest BCUT2D eigenvalue weighted by Gasteiger charge is 2.22. The third kappa shape index (κ3) is 4.80. The molecule has 1 aromatic carbocycles. The Morgan fingerprint density at radius 3 is 2.62 bits per heavy atom. The molecule has 1 aromatic rings. The second-order valence-corrected chi connectivity index (χ2v) is 6.48. The Balaban J connectivity index is 2.06. The first-order chi connectivity index (χ1) is 10.1. The lowest BCUT2D eigenvalue weighted by atomic mass is 10.0. The maximum atomic E-state index is 3.66. The molecule has 1 fully saturated rings. The van der Waals surface area contributed by atoms with E-state index < -0.39 is 0 Å². The number of rotatable bonds is 5. The van der Waals surface area contributed by atoms with Crippen LogP contribution in [0.5, 0.6) is 0 Å². The summed E-state index contributed by atoms with van der Waals surface area (Å²) in [6.07, 6.45) is 1.27. The van der Waals surface area contributed by atoms with Gasteiger partial charge in [0.1, 0.15) is 0 Å². The van der Waals surface area contributed by atoms with Crippen LogP contribution in [0.15, 0.2) is 24.3 Å². The van der Waals surface area contributed by atoms with Crippen molar-refractivity contribution in [3.63, 3.8) is 0 Å². The van der Waals surface area contributed by atoms with Crippen LogP contribution < -0.4 is 5.32 Å². The van der Waals surface area contributed by atoms with Crippen LogP contribution in [0.2, 0.25) is 0 Å². The number of hydrogen-bond donors (Lipinski definition) is 1. The molecule has 0 aromatic heterocycles. The molecule has 1 N–H and O–H groups in total. The summed E-state index contributed by atoms with van der Waals surface area (Å²) in [7, 11) is 2.24. The van der Waals surface area contributed by atoms with E-state index >= 15 is 0 Å². The molecule has 0 radical (unpaired) electrons. The van der Waals surface area contributed by atoms with E-state index in [4.69, 9.17) is 0 Å². The Morgan fingerprint density at radius 1 is 1.24 bits per heavy atom. The molecule has 0 aliphatic carbocycles. The zero-order valence-corrected chi connectivity index (χ0v) is 14.1. The van der Waals surface area contributed by atoms with Crippen molar-refractivity contribution in [1.29, 1.82) is 0 Å². The molecule has 0 amide bonds. The van der Waals surface area contributed by atoms with Crippen LogP contribution in [0.4, 0.5) is 0 Å². The van der Waals surface area contributed by atoms with Gasteiger partial charge in [-0.05, 0) is 52.5 Å². The van der Waals surface area contributed by atoms with Crippen molar-refractivity contribution >= 4 is 0 Å². The molecule has 1 heterocycles. The lowest BCUT2D eigenvalue weighted by molar-refractivity contribution is 0.183. The maximum Gasteiger partial charge on any atom is 0.0449 e. The van der Waals surface area contributed by atoms with E-state index in [1.807, 2.05) is 0 Å². The number of nitrogens with zero attached hydrogens (tertiary/aromatic N) is 2. The van der Waals surface area contributed by atoms with Gasteiger partial charge < -0.3 is 10.2 Å². The molecule has 0 bridgehead atoms. The van der Waals surface area contributed by atoms with E-state index in [9.17, 15) is 0 Å². The summed E-state index contributed by atoms with van der Waals surface area (Å²) < 4.78 is 0. The fraction of sp³-hybridized carbons (Fsp3) is 0.667. The smallest absolute Gasteiger partial charge is 0.0449 e. The largest absolute Gasteiger partial charge is 0.309 e. The zero-order valence-electron chi connectivity index (χ0n) is 14.1. The lowest BCUT2D eigenvalue weighted by Crippen LogP contribution is -2.42. The van der Waals surface area contributed by atoms with Gasteiger partial charge in [0.15, 0.2) is 0 Å². The molecule has 2 atom stereocenters. The third-order valence-corrected chi connectivity index (χ3v) is 4.53. The third-order valence-electron chi connectivity index (χ3n) is 4.53. The fourth-order valence-corrected chi connectivity index (χ4v) is 3.26. The summed E-state index contributed by atoms with van der Waals surface area (Å²) in [5, 5.41) is 3.66. The highest BCUT2D eigenvalue weighted by atomic mass is 15.2. The van der Waals surface area contributed by atoms with Crippen LogP contribution in [0, 0.1) is 6.92 Å². The first kappa shape index (κ1) is 16.5. The molecular formula is C18H31N3. The second-order valence-electron chi connectivity index (χ2n) is 6.48. The fourth-order valence-electron chi connectivity index (χ4n) is 3.26.